The number of aromatic nitrogens is 1. The fraction of sp³-hybridized carbons (Fsp3) is 0.294. The number of hydrogen-bond acceptors (Lipinski definition) is 4. The van der Waals surface area contributed by atoms with E-state index in [-0.39, 0.29) is 35.7 Å². The van der Waals surface area contributed by atoms with Crippen LogP contribution in [0.4, 0.5) is 4.39 Å². The summed E-state index contributed by atoms with van der Waals surface area (Å²) in [6, 6.07) is 9.22. The standard InChI is InChI=1S/C17H17FN2O3S/c18-16-4-2-1-3-12(16)9-15-10-13(5-7-19-15)17(21)20-14-6-8-24(22,23)11-14/h1-5,7,10,14H,6,8-9,11H2,(H,20,21)/t14-/m1/s1. The van der Waals surface area contributed by atoms with E-state index < -0.39 is 9.84 Å². The minimum Gasteiger partial charge on any atom is -0.348 e. The van der Waals surface area contributed by atoms with Gasteiger partial charge in [-0.15, -0.1) is 0 Å². The Bertz CT molecular complexity index is 868. The topological polar surface area (TPSA) is 76.1 Å². The van der Waals surface area contributed by atoms with Gasteiger partial charge in [0.2, 0.25) is 0 Å². The molecule has 0 spiro atoms. The summed E-state index contributed by atoms with van der Waals surface area (Å²) in [6.45, 7) is 0. The lowest BCUT2D eigenvalue weighted by molar-refractivity contribution is 0.0941. The number of carbonyl (C=O) groups excluding carboxylic acids is 1. The predicted molar refractivity (Wildman–Crippen MR) is 88.0 cm³/mol. The van der Waals surface area contributed by atoms with Crippen LogP contribution < -0.4 is 5.32 Å². The molecular formula is C17H17FN2O3S. The van der Waals surface area contributed by atoms with Crippen LogP contribution in [0.2, 0.25) is 0 Å². The zero-order chi connectivity index (χ0) is 17.2. The van der Waals surface area contributed by atoms with Crippen LogP contribution in [0.15, 0.2) is 42.6 Å². The molecule has 0 unspecified atom stereocenters. The maximum absolute atomic E-state index is 13.7. The Hall–Kier alpha value is -2.28. The van der Waals surface area contributed by atoms with Gasteiger partial charge in [-0.2, -0.15) is 0 Å². The van der Waals surface area contributed by atoms with Crippen molar-refractivity contribution in [2.24, 2.45) is 0 Å². The van der Waals surface area contributed by atoms with Crippen molar-refractivity contribution >= 4 is 15.7 Å². The first-order valence-electron chi connectivity index (χ1n) is 7.62. The van der Waals surface area contributed by atoms with Gasteiger partial charge in [-0.05, 0) is 30.2 Å². The van der Waals surface area contributed by atoms with Crippen molar-refractivity contribution in [2.45, 2.75) is 18.9 Å². The molecule has 0 bridgehead atoms. The molecule has 1 aliphatic rings. The third-order valence-electron chi connectivity index (χ3n) is 3.98. The Labute approximate surface area is 139 Å². The molecule has 1 aromatic carbocycles. The molecule has 0 aliphatic carbocycles. The van der Waals surface area contributed by atoms with Crippen molar-refractivity contribution in [3.05, 3.63) is 65.2 Å². The van der Waals surface area contributed by atoms with E-state index in [0.717, 1.165) is 0 Å². The highest BCUT2D eigenvalue weighted by Crippen LogP contribution is 2.14. The van der Waals surface area contributed by atoms with Gasteiger partial charge in [0, 0.05) is 29.9 Å². The first kappa shape index (κ1) is 16.6. The molecule has 7 heteroatoms. The summed E-state index contributed by atoms with van der Waals surface area (Å²) in [7, 11) is -3.05. The SMILES string of the molecule is O=C(N[C@@H]1CCS(=O)(=O)C1)c1ccnc(Cc2ccccc2F)c1. The number of nitrogens with zero attached hydrogens (tertiary/aromatic N) is 1. The van der Waals surface area contributed by atoms with Gasteiger partial charge in [-0.3, -0.25) is 9.78 Å². The summed E-state index contributed by atoms with van der Waals surface area (Å²) in [5, 5.41) is 2.73. The van der Waals surface area contributed by atoms with E-state index in [1.807, 2.05) is 0 Å². The van der Waals surface area contributed by atoms with Gasteiger partial charge in [0.15, 0.2) is 9.84 Å². The summed E-state index contributed by atoms with van der Waals surface area (Å²) in [4.78, 5) is 16.4. The summed E-state index contributed by atoms with van der Waals surface area (Å²) >= 11 is 0. The monoisotopic (exact) mass is 348 g/mol. The van der Waals surface area contributed by atoms with Crippen LogP contribution >= 0.6 is 0 Å². The van der Waals surface area contributed by atoms with Crippen molar-refractivity contribution in [1.82, 2.24) is 10.3 Å². The van der Waals surface area contributed by atoms with Crippen molar-refractivity contribution in [3.63, 3.8) is 0 Å². The molecule has 1 aromatic heterocycles. The second kappa shape index (κ2) is 6.68. The maximum Gasteiger partial charge on any atom is 0.251 e. The Morgan fingerprint density at radius 1 is 1.29 bits per heavy atom. The van der Waals surface area contributed by atoms with E-state index in [0.29, 0.717) is 23.2 Å². The third kappa shape index (κ3) is 3.97. The number of amides is 1. The molecule has 1 atom stereocenters. The summed E-state index contributed by atoms with van der Waals surface area (Å²) in [6.07, 6.45) is 2.21. The van der Waals surface area contributed by atoms with Crippen molar-refractivity contribution < 1.29 is 17.6 Å². The molecule has 2 aromatic rings. The van der Waals surface area contributed by atoms with Gasteiger partial charge in [0.05, 0.1) is 11.5 Å². The summed E-state index contributed by atoms with van der Waals surface area (Å²) < 4.78 is 36.6. The van der Waals surface area contributed by atoms with Crippen LogP contribution in [0, 0.1) is 5.82 Å². The molecule has 1 fully saturated rings. The third-order valence-corrected chi connectivity index (χ3v) is 5.74. The molecule has 1 saturated heterocycles. The van der Waals surface area contributed by atoms with Crippen LogP contribution in [0.25, 0.3) is 0 Å². The number of carbonyl (C=O) groups is 1. The zero-order valence-corrected chi connectivity index (χ0v) is 13.7. The highest BCUT2D eigenvalue weighted by molar-refractivity contribution is 7.91. The average Bonchev–Trinajstić information content (AvgIpc) is 2.88. The minimum absolute atomic E-state index is 0.0219. The van der Waals surface area contributed by atoms with E-state index in [9.17, 15) is 17.6 Å². The highest BCUT2D eigenvalue weighted by Gasteiger charge is 2.29. The van der Waals surface area contributed by atoms with Crippen molar-refractivity contribution in [1.29, 1.82) is 0 Å². The molecule has 5 nitrogen and oxygen atoms in total. The molecule has 0 radical (unpaired) electrons. The number of rotatable bonds is 4. The number of pyridine rings is 1. The Kier molecular flexibility index (Phi) is 4.62. The summed E-state index contributed by atoms with van der Waals surface area (Å²) in [5.74, 6) is -0.571. The molecule has 0 saturated carbocycles. The fourth-order valence-electron chi connectivity index (χ4n) is 2.73. The first-order chi connectivity index (χ1) is 11.4. The van der Waals surface area contributed by atoms with Gasteiger partial charge < -0.3 is 5.32 Å². The molecule has 3 rings (SSSR count). The van der Waals surface area contributed by atoms with Gasteiger partial charge in [0.1, 0.15) is 5.82 Å². The summed E-state index contributed by atoms with van der Waals surface area (Å²) in [5.41, 5.74) is 1.47. The molecule has 2 heterocycles. The lowest BCUT2D eigenvalue weighted by atomic mass is 10.1. The Balaban J connectivity index is 1.71. The van der Waals surface area contributed by atoms with Gasteiger partial charge >= 0.3 is 0 Å². The van der Waals surface area contributed by atoms with E-state index in [2.05, 4.69) is 10.3 Å². The average molecular weight is 348 g/mol. The van der Waals surface area contributed by atoms with Crippen LogP contribution in [-0.4, -0.2) is 36.9 Å². The molecule has 1 amide bonds. The molecule has 1 N–H and O–H groups in total. The van der Waals surface area contributed by atoms with E-state index >= 15 is 0 Å². The van der Waals surface area contributed by atoms with Gasteiger partial charge in [-0.1, -0.05) is 18.2 Å². The highest BCUT2D eigenvalue weighted by atomic mass is 32.2. The second-order valence-electron chi connectivity index (χ2n) is 5.88. The van der Waals surface area contributed by atoms with Gasteiger partial charge in [0.25, 0.3) is 5.91 Å². The Morgan fingerprint density at radius 2 is 2.08 bits per heavy atom. The number of benzene rings is 1. The van der Waals surface area contributed by atoms with E-state index in [4.69, 9.17) is 0 Å². The first-order valence-corrected chi connectivity index (χ1v) is 9.45. The van der Waals surface area contributed by atoms with Crippen LogP contribution in [0.5, 0.6) is 0 Å². The number of halogens is 1. The molecule has 24 heavy (non-hydrogen) atoms. The number of sulfone groups is 1. The second-order valence-corrected chi connectivity index (χ2v) is 8.11. The predicted octanol–water partition coefficient (Wildman–Crippen LogP) is 1.73. The van der Waals surface area contributed by atoms with Crippen LogP contribution in [0.3, 0.4) is 0 Å². The zero-order valence-electron chi connectivity index (χ0n) is 12.9. The van der Waals surface area contributed by atoms with E-state index in [1.165, 1.54) is 12.3 Å². The Morgan fingerprint density at radius 3 is 2.79 bits per heavy atom. The number of hydrogen-bond donors (Lipinski definition) is 1. The maximum atomic E-state index is 13.7. The van der Waals surface area contributed by atoms with Crippen molar-refractivity contribution in [2.75, 3.05) is 11.5 Å². The normalized spacial score (nSPS) is 19.1. The number of nitrogens with one attached hydrogen (secondary N) is 1. The smallest absolute Gasteiger partial charge is 0.251 e. The van der Waals surface area contributed by atoms with Crippen LogP contribution in [-0.2, 0) is 16.3 Å². The van der Waals surface area contributed by atoms with Crippen LogP contribution in [0.1, 0.15) is 28.0 Å². The quantitative estimate of drug-likeness (QED) is 0.913. The fourth-order valence-corrected chi connectivity index (χ4v) is 4.40. The largest absolute Gasteiger partial charge is 0.348 e. The van der Waals surface area contributed by atoms with E-state index in [1.54, 1.807) is 30.3 Å². The van der Waals surface area contributed by atoms with Gasteiger partial charge in [-0.25, -0.2) is 12.8 Å². The molecule has 126 valence electrons. The van der Waals surface area contributed by atoms with Crippen molar-refractivity contribution in [3.8, 4) is 0 Å². The molecular weight excluding hydrogens is 331 g/mol. The minimum atomic E-state index is -3.05. The lowest BCUT2D eigenvalue weighted by Crippen LogP contribution is -2.35. The molecule has 1 aliphatic heterocycles. The lowest BCUT2D eigenvalue weighted by Gasteiger charge is -2.11.